The van der Waals surface area contributed by atoms with Crippen molar-refractivity contribution in [3.05, 3.63) is 65.5 Å². The summed E-state index contributed by atoms with van der Waals surface area (Å²) in [5.41, 5.74) is 1.26. The Labute approximate surface area is 205 Å². The molecule has 8 heteroatoms. The first-order chi connectivity index (χ1) is 16.5. The summed E-state index contributed by atoms with van der Waals surface area (Å²) in [5, 5.41) is 2.54. The van der Waals surface area contributed by atoms with Gasteiger partial charge in [-0.1, -0.05) is 29.8 Å². The van der Waals surface area contributed by atoms with Gasteiger partial charge in [0, 0.05) is 5.92 Å². The van der Waals surface area contributed by atoms with Crippen LogP contribution < -0.4 is 10.1 Å². The van der Waals surface area contributed by atoms with E-state index in [-0.39, 0.29) is 24.9 Å². The molecule has 0 saturated carbocycles. The van der Waals surface area contributed by atoms with E-state index in [1.807, 2.05) is 31.2 Å². The predicted molar refractivity (Wildman–Crippen MR) is 129 cm³/mol. The number of cyclic esters (lactones) is 1. The van der Waals surface area contributed by atoms with Gasteiger partial charge in [-0.15, -0.1) is 0 Å². The smallest absolute Gasteiger partial charge is 0.408 e. The van der Waals surface area contributed by atoms with Crippen LogP contribution in [0.1, 0.15) is 38.8 Å². The summed E-state index contributed by atoms with van der Waals surface area (Å²) < 4.78 is 36.6. The second-order valence-corrected chi connectivity index (χ2v) is 9.84. The SMILES string of the molecule is Cc1ccc(O[C@H]2COC[C@H](NC(=O)OC(C)(C)C)C(=O)O[C@@H](C)[C@@H]2Cc2ccc(F)cc2)cc1. The first-order valence-corrected chi connectivity index (χ1v) is 11.8. The van der Waals surface area contributed by atoms with E-state index in [1.165, 1.54) is 12.1 Å². The first kappa shape index (κ1) is 26.5. The molecule has 1 saturated heterocycles. The summed E-state index contributed by atoms with van der Waals surface area (Å²) in [6, 6.07) is 12.8. The largest absolute Gasteiger partial charge is 0.488 e. The highest BCUT2D eigenvalue weighted by atomic mass is 19.1. The van der Waals surface area contributed by atoms with Gasteiger partial charge in [0.15, 0.2) is 6.04 Å². The molecule has 3 rings (SSSR count). The minimum Gasteiger partial charge on any atom is -0.488 e. The van der Waals surface area contributed by atoms with Gasteiger partial charge in [0.2, 0.25) is 0 Å². The molecular weight excluding hydrogens is 453 g/mol. The minimum absolute atomic E-state index is 0.0954. The fourth-order valence-electron chi connectivity index (χ4n) is 3.80. The summed E-state index contributed by atoms with van der Waals surface area (Å²) in [6.07, 6.45) is -1.30. The van der Waals surface area contributed by atoms with E-state index in [9.17, 15) is 14.0 Å². The van der Waals surface area contributed by atoms with Crippen molar-refractivity contribution in [2.75, 3.05) is 13.2 Å². The molecule has 190 valence electrons. The Hall–Kier alpha value is -3.13. The van der Waals surface area contributed by atoms with Gasteiger partial charge in [-0.3, -0.25) is 0 Å². The molecule has 0 unspecified atom stereocenters. The molecule has 35 heavy (non-hydrogen) atoms. The van der Waals surface area contributed by atoms with Gasteiger partial charge >= 0.3 is 12.1 Å². The van der Waals surface area contributed by atoms with E-state index in [0.717, 1.165) is 11.1 Å². The monoisotopic (exact) mass is 487 g/mol. The molecule has 4 atom stereocenters. The van der Waals surface area contributed by atoms with Gasteiger partial charge in [-0.2, -0.15) is 0 Å². The maximum Gasteiger partial charge on any atom is 0.408 e. The number of nitrogens with one attached hydrogen (secondary N) is 1. The molecule has 1 N–H and O–H groups in total. The van der Waals surface area contributed by atoms with Gasteiger partial charge in [0.05, 0.1) is 13.2 Å². The van der Waals surface area contributed by atoms with Crippen LogP contribution in [0.4, 0.5) is 9.18 Å². The second-order valence-electron chi connectivity index (χ2n) is 9.84. The third-order valence-corrected chi connectivity index (χ3v) is 5.62. The lowest BCUT2D eigenvalue weighted by molar-refractivity contribution is -0.154. The molecule has 0 radical (unpaired) electrons. The number of hydrogen-bond donors (Lipinski definition) is 1. The van der Waals surface area contributed by atoms with Crippen molar-refractivity contribution < 1.29 is 32.9 Å². The van der Waals surface area contributed by atoms with Gasteiger partial charge < -0.3 is 24.3 Å². The molecule has 7 nitrogen and oxygen atoms in total. The van der Waals surface area contributed by atoms with E-state index >= 15 is 0 Å². The van der Waals surface area contributed by atoms with Crippen LogP contribution in [0.2, 0.25) is 0 Å². The normalized spacial score (nSPS) is 23.3. The number of hydrogen-bond acceptors (Lipinski definition) is 6. The van der Waals surface area contributed by atoms with Crippen LogP contribution in [-0.2, 0) is 25.4 Å². The third-order valence-electron chi connectivity index (χ3n) is 5.62. The molecule has 0 spiro atoms. The Morgan fingerprint density at radius 1 is 1.09 bits per heavy atom. The average Bonchev–Trinajstić information content (AvgIpc) is 2.81. The van der Waals surface area contributed by atoms with Crippen LogP contribution in [0.3, 0.4) is 0 Å². The maximum absolute atomic E-state index is 13.5. The highest BCUT2D eigenvalue weighted by Crippen LogP contribution is 2.26. The molecule has 1 aliphatic rings. The number of carbonyl (C=O) groups excluding carboxylic acids is 2. The molecule has 0 aromatic heterocycles. The Morgan fingerprint density at radius 2 is 1.74 bits per heavy atom. The van der Waals surface area contributed by atoms with Crippen molar-refractivity contribution in [2.24, 2.45) is 5.92 Å². The predicted octanol–water partition coefficient (Wildman–Crippen LogP) is 4.60. The van der Waals surface area contributed by atoms with Crippen LogP contribution >= 0.6 is 0 Å². The fraction of sp³-hybridized carbons (Fsp3) is 0.481. The van der Waals surface area contributed by atoms with Crippen molar-refractivity contribution in [2.45, 2.75) is 64.9 Å². The molecule has 0 bridgehead atoms. The Morgan fingerprint density at radius 3 is 2.37 bits per heavy atom. The topological polar surface area (TPSA) is 83.1 Å². The lowest BCUT2D eigenvalue weighted by Crippen LogP contribution is -2.47. The molecular formula is C27H34FNO6. The lowest BCUT2D eigenvalue weighted by Gasteiger charge is -2.31. The first-order valence-electron chi connectivity index (χ1n) is 11.8. The number of halogens is 1. The number of esters is 1. The number of alkyl carbamates (subject to hydrolysis) is 1. The van der Waals surface area contributed by atoms with Gasteiger partial charge in [-0.25, -0.2) is 14.0 Å². The molecule has 2 aromatic carbocycles. The van der Waals surface area contributed by atoms with Crippen molar-refractivity contribution in [1.29, 1.82) is 0 Å². The number of aryl methyl sites for hydroxylation is 1. The van der Waals surface area contributed by atoms with E-state index in [2.05, 4.69) is 5.32 Å². The van der Waals surface area contributed by atoms with Crippen molar-refractivity contribution >= 4 is 12.1 Å². The average molecular weight is 488 g/mol. The fourth-order valence-corrected chi connectivity index (χ4v) is 3.80. The van der Waals surface area contributed by atoms with E-state index in [4.69, 9.17) is 18.9 Å². The van der Waals surface area contributed by atoms with Crippen LogP contribution in [0.25, 0.3) is 0 Å². The lowest BCUT2D eigenvalue weighted by atomic mass is 9.89. The number of rotatable bonds is 5. The Balaban J connectivity index is 1.82. The summed E-state index contributed by atoms with van der Waals surface area (Å²) in [6.45, 7) is 9.05. The van der Waals surface area contributed by atoms with Crippen molar-refractivity contribution in [1.82, 2.24) is 5.32 Å². The molecule has 0 aliphatic carbocycles. The highest BCUT2D eigenvalue weighted by molar-refractivity contribution is 5.81. The summed E-state index contributed by atoms with van der Waals surface area (Å²) in [7, 11) is 0. The molecule has 2 aromatic rings. The molecule has 1 aliphatic heterocycles. The molecule has 1 amide bonds. The Kier molecular flexibility index (Phi) is 8.72. The summed E-state index contributed by atoms with van der Waals surface area (Å²) in [4.78, 5) is 25.2. The van der Waals surface area contributed by atoms with Crippen LogP contribution in [-0.4, -0.2) is 49.1 Å². The van der Waals surface area contributed by atoms with Crippen LogP contribution in [0.5, 0.6) is 5.75 Å². The van der Waals surface area contributed by atoms with E-state index in [0.29, 0.717) is 12.2 Å². The van der Waals surface area contributed by atoms with Gasteiger partial charge in [-0.05, 0) is 70.9 Å². The van der Waals surface area contributed by atoms with Gasteiger partial charge in [0.1, 0.15) is 29.4 Å². The number of ether oxygens (including phenoxy) is 4. The number of benzene rings is 2. The van der Waals surface area contributed by atoms with Crippen LogP contribution in [0, 0.1) is 18.7 Å². The maximum atomic E-state index is 13.5. The van der Waals surface area contributed by atoms with E-state index < -0.39 is 35.9 Å². The van der Waals surface area contributed by atoms with Crippen molar-refractivity contribution in [3.8, 4) is 5.75 Å². The molecule has 1 fully saturated rings. The quantitative estimate of drug-likeness (QED) is 0.621. The second kappa shape index (κ2) is 11.5. The standard InChI is InChI=1S/C27H34FNO6/c1-17-6-12-21(13-7-17)34-24-16-32-15-23(29-26(31)35-27(3,4)5)25(30)33-18(2)22(24)14-19-8-10-20(28)11-9-19/h6-13,18,22-24H,14-16H2,1-5H3,(H,29,31)/t18-,22-,23-,24-/m0/s1. The minimum atomic E-state index is -1.03. The number of carbonyl (C=O) groups is 2. The zero-order valence-electron chi connectivity index (χ0n) is 20.9. The summed E-state index contributed by atoms with van der Waals surface area (Å²) in [5.74, 6) is -0.585. The van der Waals surface area contributed by atoms with Crippen LogP contribution in [0.15, 0.2) is 48.5 Å². The summed E-state index contributed by atoms with van der Waals surface area (Å²) >= 11 is 0. The zero-order valence-corrected chi connectivity index (χ0v) is 20.9. The molecule has 1 heterocycles. The van der Waals surface area contributed by atoms with Crippen molar-refractivity contribution in [3.63, 3.8) is 0 Å². The highest BCUT2D eigenvalue weighted by Gasteiger charge is 2.36. The Bertz CT molecular complexity index is 986. The zero-order chi connectivity index (χ0) is 25.6. The van der Waals surface area contributed by atoms with Gasteiger partial charge in [0.25, 0.3) is 0 Å². The van der Waals surface area contributed by atoms with E-state index in [1.54, 1.807) is 39.8 Å². The number of amides is 1. The third kappa shape index (κ3) is 8.24.